The van der Waals surface area contributed by atoms with Gasteiger partial charge in [0.1, 0.15) is 0 Å². The minimum absolute atomic E-state index is 0.154. The molecule has 0 bridgehead atoms. The maximum atomic E-state index is 13.0. The SMILES string of the molecule is O=S1(=O)[C@@H]2CCN(c3ncccn3)CC[C@@H]2CN1Cc1ccc(Cl)cc1. The van der Waals surface area contributed by atoms with Crippen molar-refractivity contribution in [1.29, 1.82) is 0 Å². The van der Waals surface area contributed by atoms with Crippen LogP contribution in [0.4, 0.5) is 5.95 Å². The zero-order valence-electron chi connectivity index (χ0n) is 14.3. The van der Waals surface area contributed by atoms with Crippen LogP contribution in [0.25, 0.3) is 0 Å². The van der Waals surface area contributed by atoms with Gasteiger partial charge in [0.2, 0.25) is 16.0 Å². The van der Waals surface area contributed by atoms with Crippen LogP contribution in [0.3, 0.4) is 0 Å². The molecule has 138 valence electrons. The van der Waals surface area contributed by atoms with Gasteiger partial charge in [-0.05, 0) is 42.5 Å². The summed E-state index contributed by atoms with van der Waals surface area (Å²) >= 11 is 5.92. The fourth-order valence-electron chi connectivity index (χ4n) is 3.90. The highest BCUT2D eigenvalue weighted by atomic mass is 35.5. The number of hydrogen-bond donors (Lipinski definition) is 0. The van der Waals surface area contributed by atoms with Crippen LogP contribution >= 0.6 is 11.6 Å². The van der Waals surface area contributed by atoms with E-state index in [1.807, 2.05) is 12.1 Å². The number of hydrogen-bond acceptors (Lipinski definition) is 5. The second-order valence-electron chi connectivity index (χ2n) is 6.88. The average Bonchev–Trinajstić information content (AvgIpc) is 2.79. The minimum atomic E-state index is -3.29. The third-order valence-electron chi connectivity index (χ3n) is 5.27. The van der Waals surface area contributed by atoms with Gasteiger partial charge in [0.05, 0.1) is 5.25 Å². The summed E-state index contributed by atoms with van der Waals surface area (Å²) < 4.78 is 27.7. The molecule has 1 aromatic carbocycles. The lowest BCUT2D eigenvalue weighted by molar-refractivity contribution is 0.381. The molecule has 2 aliphatic rings. The summed E-state index contributed by atoms with van der Waals surface area (Å²) in [5, 5.41) is 0.343. The van der Waals surface area contributed by atoms with Gasteiger partial charge in [-0.2, -0.15) is 4.31 Å². The van der Waals surface area contributed by atoms with Gasteiger partial charge in [0, 0.05) is 43.6 Å². The van der Waals surface area contributed by atoms with Gasteiger partial charge in [-0.3, -0.25) is 0 Å². The molecule has 2 aromatic rings. The van der Waals surface area contributed by atoms with Crippen molar-refractivity contribution in [3.05, 3.63) is 53.3 Å². The maximum absolute atomic E-state index is 13.0. The highest BCUT2D eigenvalue weighted by Crippen LogP contribution is 2.35. The van der Waals surface area contributed by atoms with Crippen LogP contribution in [0.15, 0.2) is 42.7 Å². The van der Waals surface area contributed by atoms with E-state index in [2.05, 4.69) is 14.9 Å². The lowest BCUT2D eigenvalue weighted by Gasteiger charge is -2.21. The average molecular weight is 393 g/mol. The molecule has 26 heavy (non-hydrogen) atoms. The van der Waals surface area contributed by atoms with Gasteiger partial charge < -0.3 is 4.90 Å². The van der Waals surface area contributed by atoms with Gasteiger partial charge in [-0.15, -0.1) is 0 Å². The van der Waals surface area contributed by atoms with Crippen molar-refractivity contribution in [3.8, 4) is 0 Å². The zero-order valence-corrected chi connectivity index (χ0v) is 15.9. The first-order valence-electron chi connectivity index (χ1n) is 8.79. The molecule has 0 N–H and O–H groups in total. The first-order chi connectivity index (χ1) is 12.5. The highest BCUT2D eigenvalue weighted by Gasteiger charge is 2.46. The van der Waals surface area contributed by atoms with E-state index >= 15 is 0 Å². The molecule has 6 nitrogen and oxygen atoms in total. The van der Waals surface area contributed by atoms with Gasteiger partial charge in [0.25, 0.3) is 0 Å². The van der Waals surface area contributed by atoms with Crippen LogP contribution in [0.1, 0.15) is 18.4 Å². The Bertz CT molecular complexity index is 861. The first kappa shape index (κ1) is 17.7. The molecule has 2 atom stereocenters. The molecule has 2 fully saturated rings. The van der Waals surface area contributed by atoms with Crippen molar-refractivity contribution in [2.75, 3.05) is 24.5 Å². The fraction of sp³-hybridized carbons (Fsp3) is 0.444. The third kappa shape index (κ3) is 3.43. The van der Waals surface area contributed by atoms with Crippen LogP contribution in [0.5, 0.6) is 0 Å². The van der Waals surface area contributed by atoms with Crippen LogP contribution < -0.4 is 4.90 Å². The molecular formula is C18H21ClN4O2S. The lowest BCUT2D eigenvalue weighted by Crippen LogP contribution is -2.32. The number of nitrogens with zero attached hydrogens (tertiary/aromatic N) is 4. The molecule has 4 rings (SSSR count). The van der Waals surface area contributed by atoms with Gasteiger partial charge >= 0.3 is 0 Å². The fourth-order valence-corrected chi connectivity index (χ4v) is 6.25. The number of benzene rings is 1. The normalized spacial score (nSPS) is 25.7. The molecule has 3 heterocycles. The zero-order chi connectivity index (χ0) is 18.1. The first-order valence-corrected chi connectivity index (χ1v) is 10.7. The van der Waals surface area contributed by atoms with Crippen molar-refractivity contribution in [2.45, 2.75) is 24.6 Å². The molecule has 2 saturated heterocycles. The molecule has 0 aliphatic carbocycles. The number of sulfonamides is 1. The predicted octanol–water partition coefficient (Wildman–Crippen LogP) is 2.56. The lowest BCUT2D eigenvalue weighted by atomic mass is 10.0. The Morgan fingerprint density at radius 3 is 2.50 bits per heavy atom. The summed E-state index contributed by atoms with van der Waals surface area (Å²) in [7, 11) is -3.29. The second kappa shape index (κ2) is 7.13. The van der Waals surface area contributed by atoms with Crippen molar-refractivity contribution in [2.24, 2.45) is 5.92 Å². The Hall–Kier alpha value is -1.70. The molecule has 0 spiro atoms. The molecule has 8 heteroatoms. The molecule has 1 aromatic heterocycles. The van der Waals surface area contributed by atoms with Crippen LogP contribution in [0.2, 0.25) is 5.02 Å². The Morgan fingerprint density at radius 1 is 1.08 bits per heavy atom. The number of rotatable bonds is 3. The molecular weight excluding hydrogens is 372 g/mol. The molecule has 0 amide bonds. The van der Waals surface area contributed by atoms with E-state index in [0.29, 0.717) is 37.0 Å². The molecule has 0 saturated carbocycles. The molecule has 0 unspecified atom stereocenters. The standard InChI is InChI=1S/C18H21ClN4O2S/c19-16-4-2-14(3-5-16)12-23-13-15-6-10-22(18-20-8-1-9-21-18)11-7-17(15)26(23,24)25/h1-5,8-9,15,17H,6-7,10-13H2/t15-,17-/m1/s1. The quantitative estimate of drug-likeness (QED) is 0.803. The summed E-state index contributed by atoms with van der Waals surface area (Å²) in [5.41, 5.74) is 0.966. The van der Waals surface area contributed by atoms with Crippen molar-refractivity contribution in [1.82, 2.24) is 14.3 Å². The largest absolute Gasteiger partial charge is 0.341 e. The van der Waals surface area contributed by atoms with E-state index in [0.717, 1.165) is 18.5 Å². The van der Waals surface area contributed by atoms with E-state index in [-0.39, 0.29) is 11.2 Å². The Labute approximate surface area is 158 Å². The minimum Gasteiger partial charge on any atom is -0.341 e. The summed E-state index contributed by atoms with van der Waals surface area (Å²) in [6, 6.07) is 9.17. The van der Waals surface area contributed by atoms with E-state index in [1.165, 1.54) is 0 Å². The topological polar surface area (TPSA) is 66.4 Å². The van der Waals surface area contributed by atoms with Crippen LogP contribution in [-0.4, -0.2) is 47.6 Å². The maximum Gasteiger partial charge on any atom is 0.225 e. The van der Waals surface area contributed by atoms with E-state index in [9.17, 15) is 8.42 Å². The molecule has 0 radical (unpaired) electrons. The smallest absolute Gasteiger partial charge is 0.225 e. The summed E-state index contributed by atoms with van der Waals surface area (Å²) in [5.74, 6) is 0.837. The van der Waals surface area contributed by atoms with Crippen LogP contribution in [-0.2, 0) is 16.6 Å². The molecule has 2 aliphatic heterocycles. The summed E-state index contributed by atoms with van der Waals surface area (Å²) in [6.07, 6.45) is 4.89. The summed E-state index contributed by atoms with van der Waals surface area (Å²) in [4.78, 5) is 10.7. The number of anilines is 1. The highest BCUT2D eigenvalue weighted by molar-refractivity contribution is 7.90. The summed E-state index contributed by atoms with van der Waals surface area (Å²) in [6.45, 7) is 2.45. The third-order valence-corrected chi connectivity index (χ3v) is 7.90. The Kier molecular flexibility index (Phi) is 4.86. The van der Waals surface area contributed by atoms with Gasteiger partial charge in [-0.1, -0.05) is 23.7 Å². The number of aromatic nitrogens is 2. The van der Waals surface area contributed by atoms with E-state index < -0.39 is 10.0 Å². The van der Waals surface area contributed by atoms with E-state index in [1.54, 1.807) is 34.9 Å². The van der Waals surface area contributed by atoms with Crippen LogP contribution in [0, 0.1) is 5.92 Å². The second-order valence-corrected chi connectivity index (χ2v) is 9.46. The van der Waals surface area contributed by atoms with Crippen molar-refractivity contribution in [3.63, 3.8) is 0 Å². The number of halogens is 1. The van der Waals surface area contributed by atoms with E-state index in [4.69, 9.17) is 11.6 Å². The van der Waals surface area contributed by atoms with Gasteiger partial charge in [0.15, 0.2) is 0 Å². The Morgan fingerprint density at radius 2 is 1.77 bits per heavy atom. The van der Waals surface area contributed by atoms with Crippen molar-refractivity contribution < 1.29 is 8.42 Å². The van der Waals surface area contributed by atoms with Gasteiger partial charge in [-0.25, -0.2) is 18.4 Å². The number of fused-ring (bicyclic) bond motifs is 1. The Balaban J connectivity index is 1.48. The monoisotopic (exact) mass is 392 g/mol. The predicted molar refractivity (Wildman–Crippen MR) is 102 cm³/mol. The van der Waals surface area contributed by atoms with Crippen molar-refractivity contribution >= 4 is 27.6 Å².